The largest absolute Gasteiger partial charge is 0.496 e. The lowest BCUT2D eigenvalue weighted by molar-refractivity contribution is -0.130. The maximum absolute atomic E-state index is 12.5. The average molecular weight is 387 g/mol. The van der Waals surface area contributed by atoms with Crippen molar-refractivity contribution in [1.82, 2.24) is 15.5 Å². The summed E-state index contributed by atoms with van der Waals surface area (Å²) < 4.78 is 5.37. The van der Waals surface area contributed by atoms with Crippen LogP contribution in [0.3, 0.4) is 0 Å². The fraction of sp³-hybridized carbons (Fsp3) is 0.400. The molecular formula is C20H26N4O2S. The van der Waals surface area contributed by atoms with Crippen molar-refractivity contribution in [2.75, 3.05) is 33.8 Å². The van der Waals surface area contributed by atoms with Crippen LogP contribution in [0.2, 0.25) is 0 Å². The smallest absolute Gasteiger partial charge is 0.242 e. The second kappa shape index (κ2) is 9.41. The Balaban J connectivity index is 1.43. The van der Waals surface area contributed by atoms with Crippen molar-refractivity contribution < 1.29 is 9.53 Å². The number of nitrogens with one attached hydrogen (secondary N) is 2. The predicted molar refractivity (Wildman–Crippen MR) is 110 cm³/mol. The van der Waals surface area contributed by atoms with Crippen molar-refractivity contribution in [3.8, 4) is 5.75 Å². The zero-order valence-corrected chi connectivity index (χ0v) is 16.6. The maximum Gasteiger partial charge on any atom is 0.242 e. The van der Waals surface area contributed by atoms with Crippen LogP contribution >= 0.6 is 11.3 Å². The molecule has 0 spiro atoms. The number of para-hydroxylation sites is 1. The van der Waals surface area contributed by atoms with Crippen LogP contribution in [-0.2, 0) is 24.2 Å². The van der Waals surface area contributed by atoms with Crippen LogP contribution in [0.15, 0.2) is 40.7 Å². The number of guanidine groups is 1. The number of rotatable bonds is 6. The molecule has 1 aromatic carbocycles. The van der Waals surface area contributed by atoms with Crippen LogP contribution in [0.4, 0.5) is 0 Å². The molecule has 0 fully saturated rings. The Morgan fingerprint density at radius 3 is 2.96 bits per heavy atom. The SMILES string of the molecule is CN=C(NCCc1ccccc1OC)NCC(=O)N1CCc2sccc2C1. The van der Waals surface area contributed by atoms with Gasteiger partial charge in [0, 0.05) is 31.6 Å². The van der Waals surface area contributed by atoms with Gasteiger partial charge in [-0.3, -0.25) is 9.79 Å². The number of fused-ring (bicyclic) bond motifs is 1. The van der Waals surface area contributed by atoms with Crippen LogP contribution in [-0.4, -0.2) is 50.6 Å². The van der Waals surface area contributed by atoms with Gasteiger partial charge in [0.15, 0.2) is 5.96 Å². The third-order valence-corrected chi connectivity index (χ3v) is 5.69. The number of aliphatic imine (C=N–C) groups is 1. The van der Waals surface area contributed by atoms with E-state index < -0.39 is 0 Å². The number of thiophene rings is 1. The first-order chi connectivity index (χ1) is 13.2. The number of carbonyl (C=O) groups is 1. The van der Waals surface area contributed by atoms with E-state index in [0.29, 0.717) is 19.0 Å². The van der Waals surface area contributed by atoms with Gasteiger partial charge in [-0.15, -0.1) is 11.3 Å². The van der Waals surface area contributed by atoms with Crippen LogP contribution in [0, 0.1) is 0 Å². The normalized spacial score (nSPS) is 13.9. The molecule has 2 heterocycles. The minimum atomic E-state index is 0.0968. The first-order valence-electron chi connectivity index (χ1n) is 9.10. The van der Waals surface area contributed by atoms with Gasteiger partial charge >= 0.3 is 0 Å². The summed E-state index contributed by atoms with van der Waals surface area (Å²) in [6.07, 6.45) is 1.76. The van der Waals surface area contributed by atoms with Crippen molar-refractivity contribution in [2.24, 2.45) is 4.99 Å². The number of ether oxygens (including phenoxy) is 1. The highest BCUT2D eigenvalue weighted by Crippen LogP contribution is 2.23. The van der Waals surface area contributed by atoms with E-state index in [4.69, 9.17) is 4.74 Å². The quantitative estimate of drug-likeness (QED) is 0.589. The second-order valence-corrected chi connectivity index (χ2v) is 7.35. The van der Waals surface area contributed by atoms with Gasteiger partial charge in [-0.05, 0) is 41.5 Å². The van der Waals surface area contributed by atoms with E-state index in [-0.39, 0.29) is 12.5 Å². The number of hydrogen-bond acceptors (Lipinski definition) is 4. The van der Waals surface area contributed by atoms with Gasteiger partial charge in [-0.25, -0.2) is 0 Å². The molecule has 2 N–H and O–H groups in total. The Kier molecular flexibility index (Phi) is 6.70. The molecule has 7 heteroatoms. The Labute approximate surface area is 164 Å². The first-order valence-corrected chi connectivity index (χ1v) is 9.98. The fourth-order valence-electron chi connectivity index (χ4n) is 3.18. The molecule has 1 aromatic heterocycles. The first kappa shape index (κ1) is 19.2. The molecule has 0 atom stereocenters. The molecule has 0 unspecified atom stereocenters. The molecular weight excluding hydrogens is 360 g/mol. The summed E-state index contributed by atoms with van der Waals surface area (Å²) in [4.78, 5) is 20.0. The Bertz CT molecular complexity index is 803. The highest BCUT2D eigenvalue weighted by atomic mass is 32.1. The van der Waals surface area contributed by atoms with Gasteiger partial charge < -0.3 is 20.3 Å². The van der Waals surface area contributed by atoms with E-state index in [0.717, 1.165) is 30.7 Å². The van der Waals surface area contributed by atoms with E-state index in [2.05, 4.69) is 33.1 Å². The zero-order valence-electron chi connectivity index (χ0n) is 15.8. The summed E-state index contributed by atoms with van der Waals surface area (Å²) >= 11 is 1.78. The van der Waals surface area contributed by atoms with Gasteiger partial charge in [0.2, 0.25) is 5.91 Å². The van der Waals surface area contributed by atoms with Gasteiger partial charge in [-0.2, -0.15) is 0 Å². The van der Waals surface area contributed by atoms with Crippen molar-refractivity contribution in [3.63, 3.8) is 0 Å². The molecule has 1 aliphatic heterocycles. The van der Waals surface area contributed by atoms with Crippen LogP contribution < -0.4 is 15.4 Å². The molecule has 2 aromatic rings. The monoisotopic (exact) mass is 386 g/mol. The minimum absolute atomic E-state index is 0.0968. The lowest BCUT2D eigenvalue weighted by atomic mass is 10.1. The number of nitrogens with zero attached hydrogens (tertiary/aromatic N) is 2. The predicted octanol–water partition coefficient (Wildman–Crippen LogP) is 2.05. The summed E-state index contributed by atoms with van der Waals surface area (Å²) in [7, 11) is 3.39. The van der Waals surface area contributed by atoms with E-state index in [1.807, 2.05) is 23.1 Å². The van der Waals surface area contributed by atoms with Gasteiger partial charge in [0.05, 0.1) is 13.7 Å². The van der Waals surface area contributed by atoms with Crippen LogP contribution in [0.25, 0.3) is 0 Å². The van der Waals surface area contributed by atoms with Crippen LogP contribution in [0.1, 0.15) is 16.0 Å². The number of carbonyl (C=O) groups excluding carboxylic acids is 1. The summed E-state index contributed by atoms with van der Waals surface area (Å²) in [5, 5.41) is 8.47. The van der Waals surface area contributed by atoms with E-state index in [1.54, 1.807) is 25.5 Å². The minimum Gasteiger partial charge on any atom is -0.496 e. The molecule has 0 saturated heterocycles. The summed E-state index contributed by atoms with van der Waals surface area (Å²) in [6.45, 7) is 2.44. The molecule has 0 radical (unpaired) electrons. The Hall–Kier alpha value is -2.54. The molecule has 0 bridgehead atoms. The molecule has 0 aliphatic carbocycles. The molecule has 6 nitrogen and oxygen atoms in total. The molecule has 27 heavy (non-hydrogen) atoms. The van der Waals surface area contributed by atoms with Crippen LogP contribution in [0.5, 0.6) is 5.75 Å². The number of hydrogen-bond donors (Lipinski definition) is 2. The number of methoxy groups -OCH3 is 1. The summed E-state index contributed by atoms with van der Waals surface area (Å²) in [5.74, 6) is 1.61. The molecule has 1 amide bonds. The average Bonchev–Trinajstić information content (AvgIpc) is 3.18. The zero-order chi connectivity index (χ0) is 19.1. The number of amides is 1. The van der Waals surface area contributed by atoms with Gasteiger partial charge in [0.1, 0.15) is 5.75 Å². The topological polar surface area (TPSA) is 66.0 Å². The fourth-order valence-corrected chi connectivity index (χ4v) is 4.07. The van der Waals surface area contributed by atoms with Crippen molar-refractivity contribution >= 4 is 23.2 Å². The highest BCUT2D eigenvalue weighted by molar-refractivity contribution is 7.10. The van der Waals surface area contributed by atoms with Gasteiger partial charge in [0.25, 0.3) is 0 Å². The molecule has 0 saturated carbocycles. The van der Waals surface area contributed by atoms with Crippen molar-refractivity contribution in [3.05, 3.63) is 51.7 Å². The Morgan fingerprint density at radius 2 is 2.15 bits per heavy atom. The lowest BCUT2D eigenvalue weighted by Crippen LogP contribution is -2.46. The van der Waals surface area contributed by atoms with E-state index >= 15 is 0 Å². The number of benzene rings is 1. The Morgan fingerprint density at radius 1 is 1.30 bits per heavy atom. The van der Waals surface area contributed by atoms with Crippen molar-refractivity contribution in [1.29, 1.82) is 0 Å². The third-order valence-electron chi connectivity index (χ3n) is 4.67. The summed E-state index contributed by atoms with van der Waals surface area (Å²) in [5.41, 5.74) is 2.41. The molecule has 3 rings (SSSR count). The van der Waals surface area contributed by atoms with Gasteiger partial charge in [-0.1, -0.05) is 18.2 Å². The maximum atomic E-state index is 12.5. The van der Waals surface area contributed by atoms with E-state index in [1.165, 1.54) is 10.4 Å². The molecule has 144 valence electrons. The molecule has 1 aliphatic rings. The van der Waals surface area contributed by atoms with E-state index in [9.17, 15) is 4.79 Å². The summed E-state index contributed by atoms with van der Waals surface area (Å²) in [6, 6.07) is 10.1. The standard InChI is InChI=1S/C20H26N4O2S/c1-21-20(22-10-7-15-5-3-4-6-17(15)26-2)23-13-19(25)24-11-8-18-16(14-24)9-12-27-18/h3-6,9,12H,7-8,10-11,13-14H2,1-2H3,(H2,21,22,23). The lowest BCUT2D eigenvalue weighted by Gasteiger charge is -2.27. The van der Waals surface area contributed by atoms with Crippen molar-refractivity contribution in [2.45, 2.75) is 19.4 Å². The second-order valence-electron chi connectivity index (χ2n) is 6.35. The third kappa shape index (κ3) is 5.01. The highest BCUT2D eigenvalue weighted by Gasteiger charge is 2.21.